The Morgan fingerprint density at radius 2 is 2.00 bits per heavy atom. The highest BCUT2D eigenvalue weighted by molar-refractivity contribution is 6.04. The van der Waals surface area contributed by atoms with E-state index in [4.69, 9.17) is 4.74 Å². The maximum Gasteiger partial charge on any atom is 0.255 e. The second-order valence-electron chi connectivity index (χ2n) is 4.27. The summed E-state index contributed by atoms with van der Waals surface area (Å²) < 4.78 is 5.45. The first-order valence-electron chi connectivity index (χ1n) is 6.42. The standard InChI is InChI=1S/C15H16N2O3/c1-2-9-20-13-5-3-11(4-6-13)15(19)17-12-7-8-16-14(18)10-12/h3-8,10H,2,9H2,1H3,(H2,16,17,18,19). The number of ether oxygens (including phenoxy) is 1. The zero-order valence-electron chi connectivity index (χ0n) is 11.2. The van der Waals surface area contributed by atoms with Crippen molar-refractivity contribution in [2.75, 3.05) is 11.9 Å². The van der Waals surface area contributed by atoms with Crippen LogP contribution in [-0.4, -0.2) is 17.5 Å². The summed E-state index contributed by atoms with van der Waals surface area (Å²) in [6, 6.07) is 9.83. The highest BCUT2D eigenvalue weighted by Gasteiger charge is 2.06. The van der Waals surface area contributed by atoms with Crippen molar-refractivity contribution in [2.45, 2.75) is 13.3 Å². The molecule has 2 N–H and O–H groups in total. The lowest BCUT2D eigenvalue weighted by atomic mass is 10.2. The fourth-order valence-corrected chi connectivity index (χ4v) is 1.65. The number of hydrogen-bond acceptors (Lipinski definition) is 3. The number of pyridine rings is 1. The van der Waals surface area contributed by atoms with Gasteiger partial charge in [0.25, 0.3) is 5.91 Å². The quantitative estimate of drug-likeness (QED) is 0.878. The molecule has 0 bridgehead atoms. The number of amides is 1. The van der Waals surface area contributed by atoms with Crippen molar-refractivity contribution in [1.29, 1.82) is 0 Å². The van der Waals surface area contributed by atoms with Crippen LogP contribution in [0.3, 0.4) is 0 Å². The van der Waals surface area contributed by atoms with Gasteiger partial charge in [-0.2, -0.15) is 0 Å². The molecule has 2 aromatic rings. The van der Waals surface area contributed by atoms with Gasteiger partial charge in [-0.25, -0.2) is 0 Å². The fourth-order valence-electron chi connectivity index (χ4n) is 1.65. The minimum absolute atomic E-state index is 0.258. The Hall–Kier alpha value is -2.56. The summed E-state index contributed by atoms with van der Waals surface area (Å²) in [6.07, 6.45) is 2.42. The molecule has 5 heteroatoms. The van der Waals surface area contributed by atoms with Crippen LogP contribution in [0.25, 0.3) is 0 Å². The molecule has 0 spiro atoms. The average molecular weight is 272 g/mol. The van der Waals surface area contributed by atoms with Gasteiger partial charge >= 0.3 is 0 Å². The number of carbonyl (C=O) groups excluding carboxylic acids is 1. The number of carbonyl (C=O) groups is 1. The van der Waals surface area contributed by atoms with Gasteiger partial charge in [-0.3, -0.25) is 9.59 Å². The maximum atomic E-state index is 12.0. The monoisotopic (exact) mass is 272 g/mol. The summed E-state index contributed by atoms with van der Waals surface area (Å²) in [6.45, 7) is 2.68. The molecule has 1 aromatic carbocycles. The van der Waals surface area contributed by atoms with Gasteiger partial charge in [0.2, 0.25) is 5.56 Å². The van der Waals surface area contributed by atoms with Crippen LogP contribution in [0.2, 0.25) is 0 Å². The predicted octanol–water partition coefficient (Wildman–Crippen LogP) is 2.42. The van der Waals surface area contributed by atoms with Gasteiger partial charge < -0.3 is 15.0 Å². The van der Waals surface area contributed by atoms with Crippen LogP contribution in [0.15, 0.2) is 47.4 Å². The number of H-pyrrole nitrogens is 1. The maximum absolute atomic E-state index is 12.0. The van der Waals surface area contributed by atoms with Crippen molar-refractivity contribution in [1.82, 2.24) is 4.98 Å². The van der Waals surface area contributed by atoms with Crippen LogP contribution in [0.1, 0.15) is 23.7 Å². The van der Waals surface area contributed by atoms with E-state index in [1.807, 2.05) is 6.92 Å². The van der Waals surface area contributed by atoms with Gasteiger partial charge in [-0.15, -0.1) is 0 Å². The number of rotatable bonds is 5. The molecule has 1 amide bonds. The molecule has 0 saturated heterocycles. The zero-order chi connectivity index (χ0) is 14.4. The summed E-state index contributed by atoms with van der Waals surface area (Å²) >= 11 is 0. The molecule has 0 radical (unpaired) electrons. The summed E-state index contributed by atoms with van der Waals surface area (Å²) in [7, 11) is 0. The minimum Gasteiger partial charge on any atom is -0.494 e. The van der Waals surface area contributed by atoms with Crippen molar-refractivity contribution in [2.24, 2.45) is 0 Å². The lowest BCUT2D eigenvalue weighted by Crippen LogP contribution is -2.14. The van der Waals surface area contributed by atoms with E-state index >= 15 is 0 Å². The second kappa shape index (κ2) is 6.56. The molecule has 0 aliphatic rings. The molecular weight excluding hydrogens is 256 g/mol. The van der Waals surface area contributed by atoms with E-state index in [9.17, 15) is 9.59 Å². The summed E-state index contributed by atoms with van der Waals surface area (Å²) in [5.74, 6) is 0.470. The van der Waals surface area contributed by atoms with Crippen LogP contribution in [0, 0.1) is 0 Å². The Labute approximate surface area is 116 Å². The largest absolute Gasteiger partial charge is 0.494 e. The van der Waals surface area contributed by atoms with Gasteiger partial charge in [0, 0.05) is 23.5 Å². The number of aromatic amines is 1. The first kappa shape index (κ1) is 13.9. The molecule has 5 nitrogen and oxygen atoms in total. The summed E-state index contributed by atoms with van der Waals surface area (Å²) in [5, 5.41) is 2.66. The molecule has 0 aliphatic heterocycles. The molecule has 0 aliphatic carbocycles. The molecule has 1 heterocycles. The molecule has 1 aromatic heterocycles. The van der Waals surface area contributed by atoms with E-state index < -0.39 is 0 Å². The molecule has 20 heavy (non-hydrogen) atoms. The first-order valence-corrected chi connectivity index (χ1v) is 6.42. The molecular formula is C15H16N2O3. The van der Waals surface area contributed by atoms with Crippen molar-refractivity contribution in [3.63, 3.8) is 0 Å². The second-order valence-corrected chi connectivity index (χ2v) is 4.27. The Kier molecular flexibility index (Phi) is 4.55. The Morgan fingerprint density at radius 3 is 2.65 bits per heavy atom. The van der Waals surface area contributed by atoms with Crippen molar-refractivity contribution in [3.05, 3.63) is 58.5 Å². The normalized spacial score (nSPS) is 10.1. The Morgan fingerprint density at radius 1 is 1.25 bits per heavy atom. The van der Waals surface area contributed by atoms with Gasteiger partial charge in [0.1, 0.15) is 5.75 Å². The molecule has 0 unspecified atom stereocenters. The Balaban J connectivity index is 2.04. The van der Waals surface area contributed by atoms with E-state index in [0.717, 1.165) is 12.2 Å². The molecule has 104 valence electrons. The van der Waals surface area contributed by atoms with E-state index in [1.165, 1.54) is 12.3 Å². The summed E-state index contributed by atoms with van der Waals surface area (Å²) in [4.78, 5) is 25.6. The lowest BCUT2D eigenvalue weighted by Gasteiger charge is -2.07. The Bertz CT molecular complexity index is 632. The third-order valence-corrected chi connectivity index (χ3v) is 2.62. The molecule has 0 fully saturated rings. The average Bonchev–Trinajstić information content (AvgIpc) is 2.45. The number of benzene rings is 1. The number of hydrogen-bond donors (Lipinski definition) is 2. The topological polar surface area (TPSA) is 71.2 Å². The smallest absolute Gasteiger partial charge is 0.255 e. The molecule has 0 atom stereocenters. The fraction of sp³-hybridized carbons (Fsp3) is 0.200. The van der Waals surface area contributed by atoms with E-state index in [2.05, 4.69) is 10.3 Å². The molecule has 2 rings (SSSR count). The van der Waals surface area contributed by atoms with Crippen molar-refractivity contribution < 1.29 is 9.53 Å². The van der Waals surface area contributed by atoms with Crippen LogP contribution < -0.4 is 15.6 Å². The van der Waals surface area contributed by atoms with Crippen molar-refractivity contribution in [3.8, 4) is 5.75 Å². The highest BCUT2D eigenvalue weighted by Crippen LogP contribution is 2.13. The van der Waals surface area contributed by atoms with Crippen LogP contribution >= 0.6 is 0 Å². The van der Waals surface area contributed by atoms with Crippen LogP contribution in [0.5, 0.6) is 5.75 Å². The van der Waals surface area contributed by atoms with E-state index in [-0.39, 0.29) is 11.5 Å². The first-order chi connectivity index (χ1) is 9.69. The summed E-state index contributed by atoms with van der Waals surface area (Å²) in [5.41, 5.74) is 0.713. The van der Waals surface area contributed by atoms with E-state index in [1.54, 1.807) is 30.3 Å². The van der Waals surface area contributed by atoms with Crippen molar-refractivity contribution >= 4 is 11.6 Å². The zero-order valence-corrected chi connectivity index (χ0v) is 11.2. The lowest BCUT2D eigenvalue weighted by molar-refractivity contribution is 0.102. The van der Waals surface area contributed by atoms with Gasteiger partial charge in [0.05, 0.1) is 6.61 Å². The number of anilines is 1. The van der Waals surface area contributed by atoms with Crippen LogP contribution in [0.4, 0.5) is 5.69 Å². The molecule has 0 saturated carbocycles. The van der Waals surface area contributed by atoms with Gasteiger partial charge in [-0.1, -0.05) is 6.92 Å². The van der Waals surface area contributed by atoms with Gasteiger partial charge in [-0.05, 0) is 36.8 Å². The SMILES string of the molecule is CCCOc1ccc(C(=O)Nc2cc[nH]c(=O)c2)cc1. The minimum atomic E-state index is -0.266. The highest BCUT2D eigenvalue weighted by atomic mass is 16.5. The van der Waals surface area contributed by atoms with E-state index in [0.29, 0.717) is 17.9 Å². The predicted molar refractivity (Wildman–Crippen MR) is 77.2 cm³/mol. The van der Waals surface area contributed by atoms with Gasteiger partial charge in [0.15, 0.2) is 0 Å². The number of nitrogens with one attached hydrogen (secondary N) is 2. The third-order valence-electron chi connectivity index (χ3n) is 2.62. The van der Waals surface area contributed by atoms with Crippen LogP contribution in [-0.2, 0) is 0 Å². The third kappa shape index (κ3) is 3.71. The number of aromatic nitrogens is 1.